The molecule has 0 aromatic carbocycles. The fourth-order valence-electron chi connectivity index (χ4n) is 1.44. The van der Waals surface area contributed by atoms with Gasteiger partial charge in [-0.2, -0.15) is 0 Å². The molecule has 0 heterocycles. The standard InChI is InChI=1S/C12H27N3O2/c1-11(2,10(13)14-17)7-6-8-15(5)12(3,4)9-16/h16-17H,6-9H2,1-5H3,(H2,13,14). The van der Waals surface area contributed by atoms with Crippen molar-refractivity contribution >= 4 is 5.84 Å². The van der Waals surface area contributed by atoms with E-state index in [2.05, 4.69) is 10.1 Å². The molecule has 0 aromatic heterocycles. The van der Waals surface area contributed by atoms with Crippen LogP contribution >= 0.6 is 0 Å². The molecule has 0 radical (unpaired) electrons. The van der Waals surface area contributed by atoms with Gasteiger partial charge in [-0.3, -0.25) is 4.90 Å². The lowest BCUT2D eigenvalue weighted by Crippen LogP contribution is -2.45. The zero-order chi connectivity index (χ0) is 13.7. The summed E-state index contributed by atoms with van der Waals surface area (Å²) in [5, 5.41) is 21.0. The average Bonchev–Trinajstić information content (AvgIpc) is 2.27. The molecule has 0 aliphatic rings. The van der Waals surface area contributed by atoms with Crippen LogP contribution in [0.4, 0.5) is 0 Å². The van der Waals surface area contributed by atoms with Gasteiger partial charge in [0, 0.05) is 11.0 Å². The maximum absolute atomic E-state index is 9.24. The Morgan fingerprint density at radius 2 is 1.82 bits per heavy atom. The van der Waals surface area contributed by atoms with Crippen molar-refractivity contribution < 1.29 is 10.3 Å². The van der Waals surface area contributed by atoms with Gasteiger partial charge in [0.15, 0.2) is 0 Å². The highest BCUT2D eigenvalue weighted by Crippen LogP contribution is 2.23. The molecule has 4 N–H and O–H groups in total. The second kappa shape index (κ2) is 6.21. The smallest absolute Gasteiger partial charge is 0.144 e. The monoisotopic (exact) mass is 245 g/mol. The van der Waals surface area contributed by atoms with E-state index in [0.29, 0.717) is 0 Å². The van der Waals surface area contributed by atoms with Crippen molar-refractivity contribution in [2.24, 2.45) is 16.3 Å². The number of aliphatic hydroxyl groups is 1. The van der Waals surface area contributed by atoms with Crippen molar-refractivity contribution in [3.05, 3.63) is 0 Å². The van der Waals surface area contributed by atoms with E-state index in [9.17, 15) is 5.11 Å². The summed E-state index contributed by atoms with van der Waals surface area (Å²) >= 11 is 0. The topological polar surface area (TPSA) is 82.1 Å². The molecule has 0 atom stereocenters. The zero-order valence-electron chi connectivity index (χ0n) is 11.7. The third-order valence-corrected chi connectivity index (χ3v) is 3.52. The Morgan fingerprint density at radius 3 is 2.24 bits per heavy atom. The van der Waals surface area contributed by atoms with Gasteiger partial charge >= 0.3 is 0 Å². The molecule has 0 aliphatic heterocycles. The van der Waals surface area contributed by atoms with E-state index < -0.39 is 0 Å². The lowest BCUT2D eigenvalue weighted by Gasteiger charge is -2.34. The Hall–Kier alpha value is -0.810. The Bertz CT molecular complexity index is 262. The largest absolute Gasteiger partial charge is 0.409 e. The van der Waals surface area contributed by atoms with E-state index in [4.69, 9.17) is 10.9 Å². The molecule has 0 unspecified atom stereocenters. The normalized spacial score (nSPS) is 14.4. The first kappa shape index (κ1) is 16.2. The minimum atomic E-state index is -0.293. The van der Waals surface area contributed by atoms with Gasteiger partial charge in [0.2, 0.25) is 0 Å². The molecular formula is C12H27N3O2. The summed E-state index contributed by atoms with van der Waals surface area (Å²) < 4.78 is 0. The predicted octanol–water partition coefficient (Wildman–Crippen LogP) is 1.24. The number of amidine groups is 1. The minimum absolute atomic E-state index is 0.132. The molecule has 0 amide bonds. The number of likely N-dealkylation sites (N-methyl/N-ethyl adjacent to an activating group) is 1. The summed E-state index contributed by atoms with van der Waals surface area (Å²) in [6.45, 7) is 8.92. The summed E-state index contributed by atoms with van der Waals surface area (Å²) in [4.78, 5) is 2.12. The lowest BCUT2D eigenvalue weighted by molar-refractivity contribution is 0.0763. The fraction of sp³-hybridized carbons (Fsp3) is 0.917. The van der Waals surface area contributed by atoms with E-state index in [1.165, 1.54) is 0 Å². The van der Waals surface area contributed by atoms with Crippen LogP contribution in [-0.4, -0.2) is 46.8 Å². The van der Waals surface area contributed by atoms with Gasteiger partial charge in [-0.1, -0.05) is 19.0 Å². The van der Waals surface area contributed by atoms with Crippen molar-refractivity contribution in [2.45, 2.75) is 46.1 Å². The maximum atomic E-state index is 9.24. The van der Waals surface area contributed by atoms with Gasteiger partial charge in [-0.15, -0.1) is 0 Å². The molecule has 0 fully saturated rings. The molecule has 0 bridgehead atoms. The van der Waals surface area contributed by atoms with Crippen molar-refractivity contribution in [3.8, 4) is 0 Å². The summed E-state index contributed by atoms with van der Waals surface area (Å²) in [7, 11) is 1.99. The van der Waals surface area contributed by atoms with Gasteiger partial charge in [-0.05, 0) is 40.3 Å². The third kappa shape index (κ3) is 4.91. The molecule has 5 heteroatoms. The second-order valence-electron chi connectivity index (χ2n) is 5.86. The molecule has 0 aromatic rings. The van der Waals surface area contributed by atoms with Crippen LogP contribution < -0.4 is 5.73 Å². The SMILES string of the molecule is CN(CCCC(C)(C)C(N)=NO)C(C)(C)CO. The molecule has 5 nitrogen and oxygen atoms in total. The van der Waals surface area contributed by atoms with Crippen LogP contribution in [0.3, 0.4) is 0 Å². The van der Waals surface area contributed by atoms with Crippen LogP contribution in [0, 0.1) is 5.41 Å². The van der Waals surface area contributed by atoms with Crippen LogP contribution in [0.25, 0.3) is 0 Å². The third-order valence-electron chi connectivity index (χ3n) is 3.52. The fourth-order valence-corrected chi connectivity index (χ4v) is 1.44. The molecule has 17 heavy (non-hydrogen) atoms. The van der Waals surface area contributed by atoms with Crippen molar-refractivity contribution in [2.75, 3.05) is 20.2 Å². The van der Waals surface area contributed by atoms with Crippen LogP contribution in [0.2, 0.25) is 0 Å². The number of hydrogen-bond donors (Lipinski definition) is 3. The molecule has 0 saturated carbocycles. The Balaban J connectivity index is 4.17. The van der Waals surface area contributed by atoms with Crippen molar-refractivity contribution in [1.82, 2.24) is 4.90 Å². The first-order valence-electron chi connectivity index (χ1n) is 5.97. The van der Waals surface area contributed by atoms with E-state index >= 15 is 0 Å². The lowest BCUT2D eigenvalue weighted by atomic mass is 9.86. The zero-order valence-corrected chi connectivity index (χ0v) is 11.7. The molecule has 0 saturated heterocycles. The number of rotatable bonds is 7. The van der Waals surface area contributed by atoms with Crippen LogP contribution in [0.5, 0.6) is 0 Å². The highest BCUT2D eigenvalue weighted by atomic mass is 16.4. The van der Waals surface area contributed by atoms with E-state index in [-0.39, 0.29) is 23.4 Å². The Kier molecular flexibility index (Phi) is 5.92. The predicted molar refractivity (Wildman–Crippen MR) is 70.2 cm³/mol. The van der Waals surface area contributed by atoms with Crippen LogP contribution in [-0.2, 0) is 0 Å². The number of nitrogens with zero attached hydrogens (tertiary/aromatic N) is 2. The maximum Gasteiger partial charge on any atom is 0.144 e. The number of nitrogens with two attached hydrogens (primary N) is 1. The van der Waals surface area contributed by atoms with Gasteiger partial charge in [0.05, 0.1) is 6.61 Å². The van der Waals surface area contributed by atoms with Gasteiger partial charge in [0.25, 0.3) is 0 Å². The molecular weight excluding hydrogens is 218 g/mol. The molecule has 0 aliphatic carbocycles. The molecule has 0 spiro atoms. The Labute approximate surface area is 104 Å². The van der Waals surface area contributed by atoms with Gasteiger partial charge < -0.3 is 16.0 Å². The highest BCUT2D eigenvalue weighted by Gasteiger charge is 2.25. The summed E-state index contributed by atoms with van der Waals surface area (Å²) in [6.07, 6.45) is 1.78. The summed E-state index contributed by atoms with van der Waals surface area (Å²) in [6, 6.07) is 0. The number of aliphatic hydroxyl groups excluding tert-OH is 1. The van der Waals surface area contributed by atoms with Gasteiger partial charge in [-0.25, -0.2) is 0 Å². The summed E-state index contributed by atoms with van der Waals surface area (Å²) in [5.74, 6) is 0.265. The van der Waals surface area contributed by atoms with E-state index in [0.717, 1.165) is 19.4 Å². The number of oxime groups is 1. The first-order chi connectivity index (χ1) is 7.67. The first-order valence-corrected chi connectivity index (χ1v) is 5.97. The van der Waals surface area contributed by atoms with E-state index in [1.807, 2.05) is 34.7 Å². The van der Waals surface area contributed by atoms with Crippen molar-refractivity contribution in [1.29, 1.82) is 0 Å². The van der Waals surface area contributed by atoms with Crippen LogP contribution in [0.1, 0.15) is 40.5 Å². The number of hydrogen-bond acceptors (Lipinski definition) is 4. The van der Waals surface area contributed by atoms with E-state index in [1.54, 1.807) is 0 Å². The second-order valence-corrected chi connectivity index (χ2v) is 5.86. The summed E-state index contributed by atoms with van der Waals surface area (Å²) in [5.41, 5.74) is 5.13. The van der Waals surface area contributed by atoms with Crippen LogP contribution in [0.15, 0.2) is 5.16 Å². The van der Waals surface area contributed by atoms with Gasteiger partial charge in [0.1, 0.15) is 5.84 Å². The quantitative estimate of drug-likeness (QED) is 0.273. The highest BCUT2D eigenvalue weighted by molar-refractivity contribution is 5.85. The minimum Gasteiger partial charge on any atom is -0.409 e. The average molecular weight is 245 g/mol. The Morgan fingerprint density at radius 1 is 1.29 bits per heavy atom. The molecule has 102 valence electrons. The van der Waals surface area contributed by atoms with Crippen molar-refractivity contribution in [3.63, 3.8) is 0 Å². The molecule has 0 rings (SSSR count).